The summed E-state index contributed by atoms with van der Waals surface area (Å²) in [5, 5.41) is 5.68. The van der Waals surface area contributed by atoms with E-state index in [0.29, 0.717) is 25.8 Å². The van der Waals surface area contributed by atoms with Crippen LogP contribution in [0.3, 0.4) is 0 Å². The summed E-state index contributed by atoms with van der Waals surface area (Å²) in [6.07, 6.45) is 2.78. The highest BCUT2D eigenvalue weighted by Gasteiger charge is 2.70. The summed E-state index contributed by atoms with van der Waals surface area (Å²) in [6.45, 7) is 9.82. The molecule has 4 aliphatic rings. The molecule has 5 atom stereocenters. The number of nitrogens with one attached hydrogen (secondary N) is 2. The number of methoxy groups -OCH3 is 1. The summed E-state index contributed by atoms with van der Waals surface area (Å²) in [6, 6.07) is 5.26. The molecule has 0 radical (unpaired) electrons. The first-order valence-corrected chi connectivity index (χ1v) is 15.0. The van der Waals surface area contributed by atoms with Gasteiger partial charge in [-0.15, -0.1) is 0 Å². The fourth-order valence-electron chi connectivity index (χ4n) is 7.05. The Morgan fingerprint density at radius 3 is 2.19 bits per heavy atom. The van der Waals surface area contributed by atoms with Crippen molar-refractivity contribution in [3.8, 4) is 0 Å². The summed E-state index contributed by atoms with van der Waals surface area (Å²) < 4.78 is 10.2. The molecular weight excluding hydrogens is 538 g/mol. The first-order valence-electron chi connectivity index (χ1n) is 15.0. The van der Waals surface area contributed by atoms with Crippen LogP contribution >= 0.6 is 0 Å². The molecule has 42 heavy (non-hydrogen) atoms. The Morgan fingerprint density at radius 2 is 1.64 bits per heavy atom. The van der Waals surface area contributed by atoms with Gasteiger partial charge in [-0.1, -0.05) is 51.0 Å². The number of carbonyl (C=O) groups excluding carboxylic acids is 5. The topological polar surface area (TPSA) is 131 Å². The molecule has 3 amide bonds. The van der Waals surface area contributed by atoms with Gasteiger partial charge in [0.25, 0.3) is 5.78 Å². The molecule has 10 heteroatoms. The number of carbonyl (C=O) groups is 5. The summed E-state index contributed by atoms with van der Waals surface area (Å²) in [5.74, 6) is -2.49. The van der Waals surface area contributed by atoms with Crippen molar-refractivity contribution in [2.75, 3.05) is 13.7 Å². The highest BCUT2D eigenvalue weighted by Crippen LogP contribution is 2.65. The van der Waals surface area contributed by atoms with Crippen molar-refractivity contribution in [3.63, 3.8) is 0 Å². The van der Waals surface area contributed by atoms with Gasteiger partial charge in [0, 0.05) is 6.54 Å². The number of piperidine rings is 1. The lowest BCUT2D eigenvalue weighted by Gasteiger charge is -2.35. The number of ether oxygens (including phenoxy) is 2. The molecule has 2 unspecified atom stereocenters. The van der Waals surface area contributed by atoms with Crippen molar-refractivity contribution < 1.29 is 33.4 Å². The summed E-state index contributed by atoms with van der Waals surface area (Å²) >= 11 is 0. The van der Waals surface area contributed by atoms with Crippen LogP contribution in [-0.2, 0) is 41.5 Å². The van der Waals surface area contributed by atoms with Crippen molar-refractivity contribution in [2.24, 2.45) is 29.1 Å². The van der Waals surface area contributed by atoms with Crippen molar-refractivity contribution in [1.29, 1.82) is 0 Å². The van der Waals surface area contributed by atoms with Gasteiger partial charge >= 0.3 is 12.1 Å². The van der Waals surface area contributed by atoms with Gasteiger partial charge in [-0.3, -0.25) is 14.4 Å². The number of rotatable bonds is 9. The van der Waals surface area contributed by atoms with E-state index in [-0.39, 0.29) is 35.0 Å². The number of hydrogen-bond acceptors (Lipinski definition) is 7. The molecular formula is C32H43N3O7. The zero-order valence-corrected chi connectivity index (χ0v) is 25.4. The number of likely N-dealkylation sites (tertiary alicyclic amines) is 1. The minimum atomic E-state index is -1.00. The summed E-state index contributed by atoms with van der Waals surface area (Å²) in [4.78, 5) is 67.8. The van der Waals surface area contributed by atoms with Crippen molar-refractivity contribution >= 4 is 29.7 Å². The third kappa shape index (κ3) is 6.03. The third-order valence-electron chi connectivity index (χ3n) is 9.54. The van der Waals surface area contributed by atoms with Gasteiger partial charge in [0.1, 0.15) is 17.7 Å². The molecule has 10 nitrogen and oxygen atoms in total. The summed E-state index contributed by atoms with van der Waals surface area (Å²) in [7, 11) is 1.14. The van der Waals surface area contributed by atoms with E-state index in [1.54, 1.807) is 25.7 Å². The van der Waals surface area contributed by atoms with Gasteiger partial charge in [0.05, 0.1) is 13.2 Å². The van der Waals surface area contributed by atoms with E-state index < -0.39 is 47.5 Å². The molecule has 0 bridgehead atoms. The average molecular weight is 582 g/mol. The maximum Gasteiger partial charge on any atom is 0.408 e. The van der Waals surface area contributed by atoms with E-state index in [4.69, 9.17) is 4.74 Å². The van der Waals surface area contributed by atoms with Gasteiger partial charge in [0.15, 0.2) is 0 Å². The zero-order chi connectivity index (χ0) is 30.6. The Hall–Kier alpha value is -3.43. The van der Waals surface area contributed by atoms with Gasteiger partial charge < -0.3 is 25.0 Å². The lowest BCUT2D eigenvalue weighted by molar-refractivity contribution is -0.153. The van der Waals surface area contributed by atoms with Crippen LogP contribution in [0.1, 0.15) is 65.0 Å². The molecule has 1 heterocycles. The molecule has 228 valence electrons. The predicted molar refractivity (Wildman–Crippen MR) is 153 cm³/mol. The number of alkyl carbamates (subject to hydrolysis) is 1. The molecule has 1 saturated heterocycles. The minimum Gasteiger partial charge on any atom is -0.463 e. The van der Waals surface area contributed by atoms with E-state index >= 15 is 0 Å². The van der Waals surface area contributed by atoms with E-state index in [1.165, 1.54) is 0 Å². The number of Topliss-reactive ketones (excluding diaryl/α,β-unsaturated/α-hetero) is 1. The lowest BCUT2D eigenvalue weighted by atomic mass is 9.93. The van der Waals surface area contributed by atoms with Gasteiger partial charge in [-0.25, -0.2) is 9.59 Å². The van der Waals surface area contributed by atoms with E-state index in [9.17, 15) is 24.0 Å². The number of hydrogen-bond donors (Lipinski definition) is 2. The van der Waals surface area contributed by atoms with Crippen LogP contribution in [0.5, 0.6) is 0 Å². The van der Waals surface area contributed by atoms with Crippen molar-refractivity contribution in [3.05, 3.63) is 35.4 Å². The maximum atomic E-state index is 14.4. The van der Waals surface area contributed by atoms with Crippen LogP contribution in [0, 0.1) is 29.1 Å². The van der Waals surface area contributed by atoms with E-state index in [0.717, 1.165) is 31.1 Å². The summed E-state index contributed by atoms with van der Waals surface area (Å²) in [5.41, 5.74) is 1.36. The van der Waals surface area contributed by atoms with Crippen LogP contribution < -0.4 is 10.6 Å². The lowest BCUT2D eigenvalue weighted by Crippen LogP contribution is -2.59. The second kappa shape index (κ2) is 11.0. The SMILES string of the molecule is COC(=O)C(=O)C(CC1CC1)NC(=O)[C@@H]1[C@@H]2[C@H](CN1C(=O)C(NC(=O)OC(C)(C)C)C1Cc3ccccc3C1)C2(C)C. The predicted octanol–water partition coefficient (Wildman–Crippen LogP) is 2.80. The zero-order valence-electron chi connectivity index (χ0n) is 25.4. The molecule has 2 saturated carbocycles. The standard InChI is InChI=1S/C32H43N3O7/c1-31(2,3)42-30(40)34-24(20-14-18-9-7-8-10-19(18)15-20)28(38)35-16-21-23(32(21,4)5)25(35)27(37)33-22(13-17-11-12-17)26(36)29(39)41-6/h7-10,17,20-25H,11-16H2,1-6H3,(H,33,37)(H,34,40)/t21-,22?,23-,24?,25-/m0/s1. The Kier molecular flexibility index (Phi) is 7.87. The number of amides is 3. The number of fused-ring (bicyclic) bond motifs is 2. The Bertz CT molecular complexity index is 1260. The third-order valence-corrected chi connectivity index (χ3v) is 9.54. The first kappa shape index (κ1) is 30.0. The Labute approximate surface area is 247 Å². The van der Waals surface area contributed by atoms with Crippen LogP contribution in [0.15, 0.2) is 24.3 Å². The molecule has 1 aliphatic heterocycles. The Morgan fingerprint density at radius 1 is 1.02 bits per heavy atom. The fourth-order valence-corrected chi connectivity index (χ4v) is 7.05. The van der Waals surface area contributed by atoms with Crippen molar-refractivity contribution in [1.82, 2.24) is 15.5 Å². The molecule has 3 aliphatic carbocycles. The minimum absolute atomic E-state index is 0.0980. The molecule has 0 spiro atoms. The van der Waals surface area contributed by atoms with E-state index in [2.05, 4.69) is 29.2 Å². The van der Waals surface area contributed by atoms with Gasteiger partial charge in [-0.05, 0) is 80.2 Å². The highest BCUT2D eigenvalue weighted by molar-refractivity contribution is 6.36. The molecule has 5 rings (SSSR count). The number of ketones is 1. The molecule has 2 N–H and O–H groups in total. The fraction of sp³-hybridized carbons (Fsp3) is 0.656. The quantitative estimate of drug-likeness (QED) is 0.339. The highest BCUT2D eigenvalue weighted by atomic mass is 16.6. The Balaban J connectivity index is 1.39. The monoisotopic (exact) mass is 581 g/mol. The molecule has 0 aromatic heterocycles. The average Bonchev–Trinajstić information content (AvgIpc) is 3.67. The van der Waals surface area contributed by atoms with Crippen LogP contribution in [0.2, 0.25) is 0 Å². The van der Waals surface area contributed by atoms with Gasteiger partial charge in [0.2, 0.25) is 11.8 Å². The van der Waals surface area contributed by atoms with E-state index in [1.807, 2.05) is 24.3 Å². The number of benzene rings is 1. The number of nitrogens with zero attached hydrogens (tertiary/aromatic N) is 1. The smallest absolute Gasteiger partial charge is 0.408 e. The normalized spacial score (nSPS) is 25.5. The number of esters is 1. The van der Waals surface area contributed by atoms with Crippen LogP contribution in [-0.4, -0.2) is 71.9 Å². The largest absolute Gasteiger partial charge is 0.463 e. The second-order valence-electron chi connectivity index (χ2n) is 14.0. The molecule has 3 fully saturated rings. The second-order valence-corrected chi connectivity index (χ2v) is 14.0. The van der Waals surface area contributed by atoms with Crippen LogP contribution in [0.4, 0.5) is 4.79 Å². The first-order chi connectivity index (χ1) is 19.7. The maximum absolute atomic E-state index is 14.4. The van der Waals surface area contributed by atoms with Crippen molar-refractivity contribution in [2.45, 2.75) is 90.4 Å². The molecule has 1 aromatic carbocycles. The van der Waals surface area contributed by atoms with Crippen LogP contribution in [0.25, 0.3) is 0 Å². The van der Waals surface area contributed by atoms with Gasteiger partial charge in [-0.2, -0.15) is 0 Å². The molecule has 1 aromatic rings.